The molecular weight excluding hydrogens is 466 g/mol. The van der Waals surface area contributed by atoms with Gasteiger partial charge in [0.1, 0.15) is 17.7 Å². The topological polar surface area (TPSA) is 62.2 Å². The predicted molar refractivity (Wildman–Crippen MR) is 104 cm³/mol. The lowest BCUT2D eigenvalue weighted by Crippen LogP contribution is -2.49. The van der Waals surface area contributed by atoms with Gasteiger partial charge in [0.15, 0.2) is 0 Å². The van der Waals surface area contributed by atoms with Crippen LogP contribution in [0.1, 0.15) is 53.3 Å². The number of benzene rings is 1. The fourth-order valence-corrected chi connectivity index (χ4v) is 4.11. The van der Waals surface area contributed by atoms with Gasteiger partial charge in [-0.15, -0.1) is 0 Å². The maximum absolute atomic E-state index is 14.6. The molecule has 3 rings (SSSR count). The van der Waals surface area contributed by atoms with Gasteiger partial charge < -0.3 is 10.4 Å². The van der Waals surface area contributed by atoms with Gasteiger partial charge in [-0.25, -0.2) is 13.8 Å². The largest absolute Gasteiger partial charge is 0.417 e. The summed E-state index contributed by atoms with van der Waals surface area (Å²) in [6, 6.07) is 2.65. The number of rotatable bonds is 4. The number of aromatic nitrogens is 1. The van der Waals surface area contributed by atoms with E-state index in [1.807, 2.05) is 0 Å². The zero-order chi connectivity index (χ0) is 23.0. The molecule has 0 saturated heterocycles. The fraction of sp³-hybridized carbons (Fsp3) is 0.400. The molecular formula is C20H17Cl2F5N2O2. The van der Waals surface area contributed by atoms with Crippen LogP contribution in [0.25, 0.3) is 0 Å². The second kappa shape index (κ2) is 8.88. The maximum Gasteiger partial charge on any atom is 0.417 e. The van der Waals surface area contributed by atoms with Crippen LogP contribution in [0, 0.1) is 5.82 Å². The summed E-state index contributed by atoms with van der Waals surface area (Å²) in [7, 11) is 0. The molecule has 1 aromatic heterocycles. The SMILES string of the molecule is O=C(NC(c1cc(Cl)ccc1F)[C@]1(O)CC[C@H](F)CC1)c1nccc(C(F)(F)F)c1Cl. The maximum atomic E-state index is 14.6. The quantitative estimate of drug-likeness (QED) is 0.552. The van der Waals surface area contributed by atoms with Crippen LogP contribution >= 0.6 is 23.2 Å². The Morgan fingerprint density at radius 2 is 1.87 bits per heavy atom. The summed E-state index contributed by atoms with van der Waals surface area (Å²) in [6.45, 7) is 0. The molecule has 1 heterocycles. The molecule has 168 valence electrons. The highest BCUT2D eigenvalue weighted by Gasteiger charge is 2.44. The van der Waals surface area contributed by atoms with Crippen LogP contribution in [0.15, 0.2) is 30.5 Å². The number of carbonyl (C=O) groups excluding carboxylic acids is 1. The molecule has 1 aliphatic carbocycles. The molecule has 1 fully saturated rings. The average molecular weight is 483 g/mol. The highest BCUT2D eigenvalue weighted by atomic mass is 35.5. The number of carbonyl (C=O) groups is 1. The molecule has 2 aromatic rings. The van der Waals surface area contributed by atoms with Crippen LogP contribution in [-0.2, 0) is 6.18 Å². The van der Waals surface area contributed by atoms with E-state index in [4.69, 9.17) is 23.2 Å². The highest BCUT2D eigenvalue weighted by molar-refractivity contribution is 6.34. The summed E-state index contributed by atoms with van der Waals surface area (Å²) < 4.78 is 67.6. The van der Waals surface area contributed by atoms with Crippen molar-refractivity contribution in [2.24, 2.45) is 0 Å². The van der Waals surface area contributed by atoms with Gasteiger partial charge in [0.2, 0.25) is 0 Å². The van der Waals surface area contributed by atoms with Gasteiger partial charge >= 0.3 is 6.18 Å². The normalized spacial score (nSPS) is 22.8. The number of alkyl halides is 4. The summed E-state index contributed by atoms with van der Waals surface area (Å²) >= 11 is 11.7. The van der Waals surface area contributed by atoms with Crippen molar-refractivity contribution in [3.63, 3.8) is 0 Å². The van der Waals surface area contributed by atoms with Crippen LogP contribution in [0.5, 0.6) is 0 Å². The summed E-state index contributed by atoms with van der Waals surface area (Å²) in [6.07, 6.45) is -5.53. The minimum Gasteiger partial charge on any atom is -0.387 e. The molecule has 1 saturated carbocycles. The summed E-state index contributed by atoms with van der Waals surface area (Å²) in [5.74, 6) is -1.97. The molecule has 31 heavy (non-hydrogen) atoms. The Kier molecular flexibility index (Phi) is 6.78. The van der Waals surface area contributed by atoms with Gasteiger partial charge in [0.25, 0.3) is 5.91 Å². The van der Waals surface area contributed by atoms with Crippen molar-refractivity contribution in [2.45, 2.75) is 49.7 Å². The number of nitrogens with one attached hydrogen (secondary N) is 1. The summed E-state index contributed by atoms with van der Waals surface area (Å²) in [4.78, 5) is 16.4. The molecule has 0 spiro atoms. The number of halogens is 7. The third-order valence-corrected chi connectivity index (χ3v) is 5.89. The number of hydrogen-bond acceptors (Lipinski definition) is 3. The second-order valence-corrected chi connectivity index (χ2v) is 8.18. The van der Waals surface area contributed by atoms with E-state index in [1.165, 1.54) is 12.1 Å². The smallest absolute Gasteiger partial charge is 0.387 e. The van der Waals surface area contributed by atoms with E-state index >= 15 is 0 Å². The minimum atomic E-state index is -4.83. The molecule has 1 unspecified atom stereocenters. The lowest BCUT2D eigenvalue weighted by atomic mass is 9.76. The van der Waals surface area contributed by atoms with Crippen LogP contribution in [0.3, 0.4) is 0 Å². The first-order valence-corrected chi connectivity index (χ1v) is 10.0. The Labute approximate surface area is 184 Å². The van der Waals surface area contributed by atoms with E-state index in [9.17, 15) is 31.9 Å². The molecule has 1 amide bonds. The molecule has 1 atom stereocenters. The number of amides is 1. The summed E-state index contributed by atoms with van der Waals surface area (Å²) in [5.41, 5.74) is -3.97. The molecule has 11 heteroatoms. The second-order valence-electron chi connectivity index (χ2n) is 7.37. The van der Waals surface area contributed by atoms with Crippen LogP contribution in [0.2, 0.25) is 10.0 Å². The van der Waals surface area contributed by atoms with Crippen LogP contribution < -0.4 is 5.32 Å². The number of pyridine rings is 1. The Bertz CT molecular complexity index is 979. The monoisotopic (exact) mass is 482 g/mol. The van der Waals surface area contributed by atoms with Crippen molar-refractivity contribution < 1.29 is 31.9 Å². The Hall–Kier alpha value is -1.97. The Balaban J connectivity index is 2.02. The average Bonchev–Trinajstić information content (AvgIpc) is 2.69. The van der Waals surface area contributed by atoms with Gasteiger partial charge in [0.05, 0.1) is 22.2 Å². The highest BCUT2D eigenvalue weighted by Crippen LogP contribution is 2.41. The molecule has 2 N–H and O–H groups in total. The molecule has 1 aliphatic rings. The van der Waals surface area contributed by atoms with Gasteiger partial charge in [-0.2, -0.15) is 13.2 Å². The van der Waals surface area contributed by atoms with Gasteiger partial charge in [-0.05, 0) is 49.9 Å². The van der Waals surface area contributed by atoms with E-state index in [0.717, 1.165) is 12.3 Å². The van der Waals surface area contributed by atoms with Gasteiger partial charge in [-0.1, -0.05) is 23.2 Å². The number of nitrogens with zero attached hydrogens (tertiary/aromatic N) is 1. The molecule has 0 bridgehead atoms. The van der Waals surface area contributed by atoms with E-state index in [-0.39, 0.29) is 36.3 Å². The van der Waals surface area contributed by atoms with Crippen molar-refractivity contribution in [1.29, 1.82) is 0 Å². The van der Waals surface area contributed by atoms with Crippen molar-refractivity contribution in [1.82, 2.24) is 10.3 Å². The lowest BCUT2D eigenvalue weighted by Gasteiger charge is -2.40. The van der Waals surface area contributed by atoms with Crippen LogP contribution in [0.4, 0.5) is 22.0 Å². The van der Waals surface area contributed by atoms with Crippen molar-refractivity contribution in [3.05, 3.63) is 63.1 Å². The first-order chi connectivity index (χ1) is 14.4. The van der Waals surface area contributed by atoms with Crippen LogP contribution in [-0.4, -0.2) is 27.8 Å². The van der Waals surface area contributed by atoms with E-state index in [1.54, 1.807) is 0 Å². The zero-order valence-electron chi connectivity index (χ0n) is 15.8. The molecule has 1 aromatic carbocycles. The van der Waals surface area contributed by atoms with E-state index < -0.39 is 52.0 Å². The molecule has 0 aliphatic heterocycles. The Morgan fingerprint density at radius 3 is 2.48 bits per heavy atom. The lowest BCUT2D eigenvalue weighted by molar-refractivity contribution is -0.137. The third-order valence-electron chi connectivity index (χ3n) is 5.27. The standard InChI is InChI=1S/C20H17Cl2F5N2O2/c21-10-1-2-14(24)12(9-10)17(19(31)6-3-11(23)4-7-19)29-18(30)16-15(22)13(5-8-28-16)20(25,26)27/h1-2,5,8-9,11,17,31H,3-4,6-7H2,(H,29,30)/t11-,17?,19-. The molecule has 0 radical (unpaired) electrons. The third kappa shape index (κ3) is 5.10. The van der Waals surface area contributed by atoms with E-state index in [0.29, 0.717) is 6.07 Å². The predicted octanol–water partition coefficient (Wildman–Crippen LogP) is 5.66. The number of hydrogen-bond donors (Lipinski definition) is 2. The fourth-order valence-electron chi connectivity index (χ4n) is 3.63. The van der Waals surface area contributed by atoms with Crippen molar-refractivity contribution in [3.8, 4) is 0 Å². The molecule has 4 nitrogen and oxygen atoms in total. The minimum absolute atomic E-state index is 0.0341. The number of aliphatic hydroxyl groups is 1. The van der Waals surface area contributed by atoms with Crippen molar-refractivity contribution in [2.75, 3.05) is 0 Å². The summed E-state index contributed by atoms with van der Waals surface area (Å²) in [5, 5.41) is 12.7. The van der Waals surface area contributed by atoms with E-state index in [2.05, 4.69) is 10.3 Å². The Morgan fingerprint density at radius 1 is 1.23 bits per heavy atom. The van der Waals surface area contributed by atoms with Gasteiger partial charge in [0, 0.05) is 16.8 Å². The first-order valence-electron chi connectivity index (χ1n) is 9.26. The first kappa shape index (κ1) is 23.7. The van der Waals surface area contributed by atoms with Crippen molar-refractivity contribution >= 4 is 29.1 Å². The zero-order valence-corrected chi connectivity index (χ0v) is 17.3. The van der Waals surface area contributed by atoms with Gasteiger partial charge in [-0.3, -0.25) is 4.79 Å².